The lowest BCUT2D eigenvalue weighted by Crippen LogP contribution is -2.57. The van der Waals surface area contributed by atoms with E-state index in [-0.39, 0.29) is 17.0 Å². The fourth-order valence-electron chi connectivity index (χ4n) is 3.28. The molecular formula is C16H33N3O. The summed E-state index contributed by atoms with van der Waals surface area (Å²) in [5, 5.41) is 3.06. The Bertz CT molecular complexity index is 301. The van der Waals surface area contributed by atoms with Gasteiger partial charge in [0.15, 0.2) is 0 Å². The number of carbonyl (C=O) groups excluding carboxylic acids is 1. The fourth-order valence-corrected chi connectivity index (χ4v) is 3.28. The molecule has 4 heteroatoms. The highest BCUT2D eigenvalue weighted by Gasteiger charge is 2.36. The van der Waals surface area contributed by atoms with Gasteiger partial charge in [0, 0.05) is 17.6 Å². The van der Waals surface area contributed by atoms with E-state index in [9.17, 15) is 4.79 Å². The number of likely N-dealkylation sites (N-methyl/N-ethyl adjacent to an activating group) is 1. The Morgan fingerprint density at radius 1 is 1.20 bits per heavy atom. The van der Waals surface area contributed by atoms with Crippen molar-refractivity contribution in [2.75, 3.05) is 19.6 Å². The van der Waals surface area contributed by atoms with Gasteiger partial charge in [-0.25, -0.2) is 0 Å². The SMILES string of the molecule is CCN(CC(=O)NC(C)(C)C)C1(CN)CCCCCC1. The fraction of sp³-hybridized carbons (Fsp3) is 0.938. The number of nitrogens with one attached hydrogen (secondary N) is 1. The zero-order valence-electron chi connectivity index (χ0n) is 13.8. The lowest BCUT2D eigenvalue weighted by atomic mass is 9.88. The molecule has 118 valence electrons. The molecule has 4 nitrogen and oxygen atoms in total. The third-order valence-corrected chi connectivity index (χ3v) is 4.32. The number of carbonyl (C=O) groups is 1. The molecule has 1 aliphatic carbocycles. The summed E-state index contributed by atoms with van der Waals surface area (Å²) >= 11 is 0. The Hall–Kier alpha value is -0.610. The van der Waals surface area contributed by atoms with Gasteiger partial charge in [-0.3, -0.25) is 9.69 Å². The topological polar surface area (TPSA) is 58.4 Å². The first-order valence-corrected chi connectivity index (χ1v) is 8.09. The molecule has 0 aromatic heterocycles. The van der Waals surface area contributed by atoms with Gasteiger partial charge in [-0.1, -0.05) is 32.6 Å². The zero-order chi connectivity index (χ0) is 15.2. The lowest BCUT2D eigenvalue weighted by molar-refractivity contribution is -0.125. The van der Waals surface area contributed by atoms with Gasteiger partial charge in [-0.2, -0.15) is 0 Å². The van der Waals surface area contributed by atoms with Crippen LogP contribution in [0.4, 0.5) is 0 Å². The summed E-state index contributed by atoms with van der Waals surface area (Å²) in [5.41, 5.74) is 5.97. The van der Waals surface area contributed by atoms with Crippen molar-refractivity contribution in [3.8, 4) is 0 Å². The Kier molecular flexibility index (Phi) is 6.46. The molecule has 0 atom stereocenters. The molecule has 0 unspecified atom stereocenters. The number of nitrogens with two attached hydrogens (primary N) is 1. The van der Waals surface area contributed by atoms with Crippen LogP contribution in [0.15, 0.2) is 0 Å². The minimum absolute atomic E-state index is 0.0282. The van der Waals surface area contributed by atoms with Crippen LogP contribution < -0.4 is 11.1 Å². The van der Waals surface area contributed by atoms with Gasteiger partial charge in [-0.05, 0) is 40.2 Å². The van der Waals surface area contributed by atoms with Crippen LogP contribution in [0, 0.1) is 0 Å². The molecule has 1 aliphatic rings. The maximum atomic E-state index is 12.2. The molecule has 1 saturated carbocycles. The molecule has 1 fully saturated rings. The van der Waals surface area contributed by atoms with Crippen LogP contribution in [0.5, 0.6) is 0 Å². The van der Waals surface area contributed by atoms with Gasteiger partial charge >= 0.3 is 0 Å². The standard InChI is InChI=1S/C16H33N3O/c1-5-19(12-14(20)18-15(2,3)4)16(13-17)10-8-6-7-9-11-16/h5-13,17H2,1-4H3,(H,18,20). The van der Waals surface area contributed by atoms with Crippen LogP contribution in [0.1, 0.15) is 66.2 Å². The molecule has 0 saturated heterocycles. The summed E-state index contributed by atoms with van der Waals surface area (Å²) in [6.07, 6.45) is 7.31. The molecule has 20 heavy (non-hydrogen) atoms. The first-order valence-electron chi connectivity index (χ1n) is 8.09. The van der Waals surface area contributed by atoms with Crippen LogP contribution in [-0.4, -0.2) is 41.5 Å². The third kappa shape index (κ3) is 5.06. The average Bonchev–Trinajstić information content (AvgIpc) is 2.60. The first kappa shape index (κ1) is 17.4. The van der Waals surface area contributed by atoms with Gasteiger partial charge in [0.1, 0.15) is 0 Å². The van der Waals surface area contributed by atoms with Crippen LogP contribution in [0.25, 0.3) is 0 Å². The van der Waals surface area contributed by atoms with Gasteiger partial charge in [0.05, 0.1) is 6.54 Å². The highest BCUT2D eigenvalue weighted by atomic mass is 16.2. The minimum Gasteiger partial charge on any atom is -0.350 e. The predicted molar refractivity (Wildman–Crippen MR) is 84.6 cm³/mol. The summed E-state index contributed by atoms with van der Waals surface area (Å²) in [7, 11) is 0. The molecule has 1 rings (SSSR count). The minimum atomic E-state index is -0.171. The Labute approximate surface area is 124 Å². The summed E-state index contributed by atoms with van der Waals surface area (Å²) in [6, 6.07) is 0. The van der Waals surface area contributed by atoms with Crippen molar-refractivity contribution >= 4 is 5.91 Å². The molecule has 0 aromatic carbocycles. The van der Waals surface area contributed by atoms with Crippen LogP contribution >= 0.6 is 0 Å². The van der Waals surface area contributed by atoms with Crippen molar-refractivity contribution in [2.45, 2.75) is 77.3 Å². The van der Waals surface area contributed by atoms with E-state index in [1.807, 2.05) is 20.8 Å². The monoisotopic (exact) mass is 283 g/mol. The number of amides is 1. The normalized spacial score (nSPS) is 19.7. The van der Waals surface area contributed by atoms with Crippen molar-refractivity contribution in [1.82, 2.24) is 10.2 Å². The number of hydrogen-bond donors (Lipinski definition) is 2. The van der Waals surface area contributed by atoms with E-state index < -0.39 is 0 Å². The highest BCUT2D eigenvalue weighted by Crippen LogP contribution is 2.31. The van der Waals surface area contributed by atoms with E-state index in [1.54, 1.807) is 0 Å². The predicted octanol–water partition coefficient (Wildman–Crippen LogP) is 2.27. The molecule has 0 aromatic rings. The van der Waals surface area contributed by atoms with Gasteiger partial charge in [0.2, 0.25) is 5.91 Å². The summed E-state index contributed by atoms with van der Waals surface area (Å²) in [4.78, 5) is 14.5. The molecule has 0 aliphatic heterocycles. The van der Waals surface area contributed by atoms with Crippen molar-refractivity contribution < 1.29 is 4.79 Å². The Morgan fingerprint density at radius 3 is 2.15 bits per heavy atom. The van der Waals surface area contributed by atoms with Gasteiger partial charge in [-0.15, -0.1) is 0 Å². The molecule has 3 N–H and O–H groups in total. The highest BCUT2D eigenvalue weighted by molar-refractivity contribution is 5.78. The zero-order valence-corrected chi connectivity index (χ0v) is 13.8. The molecule has 0 spiro atoms. The maximum Gasteiger partial charge on any atom is 0.234 e. The quantitative estimate of drug-likeness (QED) is 0.761. The Balaban J connectivity index is 2.73. The molecule has 1 amide bonds. The van der Waals surface area contributed by atoms with E-state index in [4.69, 9.17) is 5.73 Å². The second-order valence-corrected chi connectivity index (χ2v) is 7.16. The van der Waals surface area contributed by atoms with Crippen molar-refractivity contribution in [3.05, 3.63) is 0 Å². The largest absolute Gasteiger partial charge is 0.350 e. The smallest absolute Gasteiger partial charge is 0.234 e. The second kappa shape index (κ2) is 7.41. The van der Waals surface area contributed by atoms with Crippen molar-refractivity contribution in [2.24, 2.45) is 5.73 Å². The second-order valence-electron chi connectivity index (χ2n) is 7.16. The number of nitrogens with zero attached hydrogens (tertiary/aromatic N) is 1. The van der Waals surface area contributed by atoms with E-state index in [1.165, 1.54) is 25.7 Å². The van der Waals surface area contributed by atoms with Gasteiger partial charge < -0.3 is 11.1 Å². The van der Waals surface area contributed by atoms with Crippen molar-refractivity contribution in [3.63, 3.8) is 0 Å². The molecule has 0 heterocycles. The molecular weight excluding hydrogens is 250 g/mol. The summed E-state index contributed by atoms with van der Waals surface area (Å²) < 4.78 is 0. The lowest BCUT2D eigenvalue weighted by Gasteiger charge is -2.42. The summed E-state index contributed by atoms with van der Waals surface area (Å²) in [5.74, 6) is 0.108. The molecule has 0 bridgehead atoms. The first-order chi connectivity index (χ1) is 9.33. The summed E-state index contributed by atoms with van der Waals surface area (Å²) in [6.45, 7) is 10.2. The van der Waals surface area contributed by atoms with Crippen LogP contribution in [-0.2, 0) is 4.79 Å². The van der Waals surface area contributed by atoms with E-state index in [2.05, 4.69) is 17.1 Å². The third-order valence-electron chi connectivity index (χ3n) is 4.32. The van der Waals surface area contributed by atoms with Crippen LogP contribution in [0.2, 0.25) is 0 Å². The number of rotatable bonds is 5. The van der Waals surface area contributed by atoms with E-state index >= 15 is 0 Å². The van der Waals surface area contributed by atoms with Crippen molar-refractivity contribution in [1.29, 1.82) is 0 Å². The maximum absolute atomic E-state index is 12.2. The van der Waals surface area contributed by atoms with E-state index in [0.717, 1.165) is 19.4 Å². The van der Waals surface area contributed by atoms with E-state index in [0.29, 0.717) is 13.1 Å². The average molecular weight is 283 g/mol. The molecule has 0 radical (unpaired) electrons. The van der Waals surface area contributed by atoms with Crippen LogP contribution in [0.3, 0.4) is 0 Å². The number of hydrogen-bond acceptors (Lipinski definition) is 3. The Morgan fingerprint density at radius 2 is 1.75 bits per heavy atom. The van der Waals surface area contributed by atoms with Gasteiger partial charge in [0.25, 0.3) is 0 Å².